The van der Waals surface area contributed by atoms with Gasteiger partial charge in [-0.15, -0.1) is 0 Å². The molecule has 0 spiro atoms. The first-order valence-electron chi connectivity index (χ1n) is 8.43. The number of hydrogen-bond donors (Lipinski definition) is 0. The van der Waals surface area contributed by atoms with Gasteiger partial charge in [-0.1, -0.05) is 11.6 Å². The van der Waals surface area contributed by atoms with E-state index in [0.29, 0.717) is 36.0 Å². The molecule has 1 saturated heterocycles. The van der Waals surface area contributed by atoms with Gasteiger partial charge in [-0.2, -0.15) is 0 Å². The van der Waals surface area contributed by atoms with Crippen LogP contribution in [0.5, 0.6) is 5.75 Å². The van der Waals surface area contributed by atoms with Crippen LogP contribution >= 0.6 is 11.6 Å². The highest BCUT2D eigenvalue weighted by Gasteiger charge is 2.34. The molecule has 2 fully saturated rings. The van der Waals surface area contributed by atoms with Crippen molar-refractivity contribution in [2.45, 2.75) is 26.2 Å². The van der Waals surface area contributed by atoms with Gasteiger partial charge in [-0.05, 0) is 43.9 Å². The number of carbonyl (C=O) groups is 2. The lowest BCUT2D eigenvalue weighted by Gasteiger charge is -2.23. The van der Waals surface area contributed by atoms with Crippen LogP contribution in [0.15, 0.2) is 12.1 Å². The third-order valence-corrected chi connectivity index (χ3v) is 4.91. The Morgan fingerprint density at radius 3 is 2.46 bits per heavy atom. The van der Waals surface area contributed by atoms with E-state index in [1.54, 1.807) is 24.1 Å². The van der Waals surface area contributed by atoms with Crippen LogP contribution in [0.25, 0.3) is 0 Å². The molecular weight excluding hydrogens is 328 g/mol. The Morgan fingerprint density at radius 1 is 1.12 bits per heavy atom. The fourth-order valence-corrected chi connectivity index (χ4v) is 3.53. The van der Waals surface area contributed by atoms with Crippen LogP contribution in [-0.2, 0) is 4.79 Å². The van der Waals surface area contributed by atoms with Crippen molar-refractivity contribution in [1.82, 2.24) is 9.80 Å². The van der Waals surface area contributed by atoms with E-state index in [-0.39, 0.29) is 17.7 Å². The molecule has 3 rings (SSSR count). The van der Waals surface area contributed by atoms with Gasteiger partial charge in [0.2, 0.25) is 5.91 Å². The first kappa shape index (κ1) is 17.1. The third-order valence-electron chi connectivity index (χ3n) is 4.70. The van der Waals surface area contributed by atoms with Crippen molar-refractivity contribution in [2.75, 3.05) is 33.3 Å². The van der Waals surface area contributed by atoms with Gasteiger partial charge in [0.05, 0.1) is 12.7 Å². The lowest BCUT2D eigenvalue weighted by atomic mass is 10.1. The number of amides is 2. The molecule has 1 heterocycles. The highest BCUT2D eigenvalue weighted by atomic mass is 35.5. The second-order valence-corrected chi connectivity index (χ2v) is 6.99. The summed E-state index contributed by atoms with van der Waals surface area (Å²) in [5.41, 5.74) is 1.33. The van der Waals surface area contributed by atoms with Crippen LogP contribution in [-0.4, -0.2) is 54.9 Å². The van der Waals surface area contributed by atoms with Crippen LogP contribution in [0, 0.1) is 12.8 Å². The monoisotopic (exact) mass is 350 g/mol. The van der Waals surface area contributed by atoms with Crippen LogP contribution in [0.4, 0.5) is 0 Å². The van der Waals surface area contributed by atoms with E-state index in [9.17, 15) is 9.59 Å². The van der Waals surface area contributed by atoms with Crippen molar-refractivity contribution in [3.8, 4) is 5.75 Å². The molecule has 0 bridgehead atoms. The summed E-state index contributed by atoms with van der Waals surface area (Å²) in [6.45, 7) is 4.39. The van der Waals surface area contributed by atoms with Gasteiger partial charge in [-0.25, -0.2) is 0 Å². The van der Waals surface area contributed by atoms with E-state index in [1.807, 2.05) is 11.8 Å². The predicted molar refractivity (Wildman–Crippen MR) is 92.6 cm³/mol. The van der Waals surface area contributed by atoms with Crippen molar-refractivity contribution in [2.24, 2.45) is 5.92 Å². The Labute approximate surface area is 147 Å². The number of nitrogens with zero attached hydrogens (tertiary/aromatic N) is 2. The summed E-state index contributed by atoms with van der Waals surface area (Å²) >= 11 is 6.12. The summed E-state index contributed by atoms with van der Waals surface area (Å²) in [6, 6.07) is 3.45. The summed E-state index contributed by atoms with van der Waals surface area (Å²) in [6.07, 6.45) is 2.82. The molecule has 24 heavy (non-hydrogen) atoms. The summed E-state index contributed by atoms with van der Waals surface area (Å²) in [5, 5.41) is 0.525. The van der Waals surface area contributed by atoms with Gasteiger partial charge in [0.15, 0.2) is 0 Å². The molecule has 6 heteroatoms. The molecule has 0 atom stereocenters. The lowest BCUT2D eigenvalue weighted by Crippen LogP contribution is -2.38. The first-order valence-corrected chi connectivity index (χ1v) is 8.81. The molecule has 5 nitrogen and oxygen atoms in total. The molecule has 0 N–H and O–H groups in total. The molecule has 0 radical (unpaired) electrons. The molecule has 1 saturated carbocycles. The topological polar surface area (TPSA) is 49.9 Å². The summed E-state index contributed by atoms with van der Waals surface area (Å²) in [4.78, 5) is 28.9. The van der Waals surface area contributed by atoms with E-state index < -0.39 is 0 Å². The van der Waals surface area contributed by atoms with Crippen LogP contribution in [0.3, 0.4) is 0 Å². The van der Waals surface area contributed by atoms with Crippen molar-refractivity contribution < 1.29 is 14.3 Å². The van der Waals surface area contributed by atoms with E-state index in [0.717, 1.165) is 31.4 Å². The number of rotatable bonds is 3. The van der Waals surface area contributed by atoms with E-state index >= 15 is 0 Å². The number of hydrogen-bond acceptors (Lipinski definition) is 3. The van der Waals surface area contributed by atoms with Crippen LogP contribution in [0.1, 0.15) is 35.2 Å². The number of benzene rings is 1. The SMILES string of the molecule is COc1c(C)cc(Cl)cc1C(=O)N1CCCN(C(=O)C2CC2)CC1. The van der Waals surface area contributed by atoms with Gasteiger partial charge < -0.3 is 14.5 Å². The molecular formula is C18H23ClN2O3. The van der Waals surface area contributed by atoms with Crippen molar-refractivity contribution in [3.63, 3.8) is 0 Å². The third kappa shape index (κ3) is 3.51. The average Bonchev–Trinajstić information content (AvgIpc) is 3.39. The van der Waals surface area contributed by atoms with E-state index in [1.165, 1.54) is 0 Å². The Bertz CT molecular complexity index is 658. The lowest BCUT2D eigenvalue weighted by molar-refractivity contribution is -0.132. The predicted octanol–water partition coefficient (Wildman–Crippen LogP) is 2.74. The maximum Gasteiger partial charge on any atom is 0.257 e. The standard InChI is InChI=1S/C18H23ClN2O3/c1-12-10-14(19)11-15(16(12)24-2)18(23)21-7-3-6-20(8-9-21)17(22)13-4-5-13/h10-11,13H,3-9H2,1-2H3. The average molecular weight is 351 g/mol. The normalized spacial score (nSPS) is 18.3. The molecule has 2 aliphatic rings. The van der Waals surface area contributed by atoms with E-state index in [4.69, 9.17) is 16.3 Å². The zero-order valence-electron chi connectivity index (χ0n) is 14.2. The highest BCUT2D eigenvalue weighted by Crippen LogP contribution is 2.32. The number of aryl methyl sites for hydroxylation is 1. The van der Waals surface area contributed by atoms with Crippen LogP contribution in [0.2, 0.25) is 5.02 Å². The highest BCUT2D eigenvalue weighted by molar-refractivity contribution is 6.31. The molecule has 2 amide bonds. The van der Waals surface area contributed by atoms with Gasteiger partial charge in [0.1, 0.15) is 5.75 Å². The Hall–Kier alpha value is -1.75. The fourth-order valence-electron chi connectivity index (χ4n) is 3.26. The van der Waals surface area contributed by atoms with Crippen LogP contribution < -0.4 is 4.74 Å². The summed E-state index contributed by atoms with van der Waals surface area (Å²) in [5.74, 6) is 0.959. The maximum atomic E-state index is 12.9. The quantitative estimate of drug-likeness (QED) is 0.842. The number of halogens is 1. The minimum Gasteiger partial charge on any atom is -0.496 e. The Balaban J connectivity index is 1.74. The van der Waals surface area contributed by atoms with Gasteiger partial charge in [0, 0.05) is 37.1 Å². The maximum absolute atomic E-state index is 12.9. The fraction of sp³-hybridized carbons (Fsp3) is 0.556. The minimum absolute atomic E-state index is 0.0850. The van der Waals surface area contributed by atoms with Gasteiger partial charge >= 0.3 is 0 Å². The minimum atomic E-state index is -0.0850. The van der Waals surface area contributed by atoms with Crippen molar-refractivity contribution >= 4 is 23.4 Å². The number of ether oxygens (including phenoxy) is 1. The molecule has 1 aliphatic heterocycles. The second-order valence-electron chi connectivity index (χ2n) is 6.55. The molecule has 0 aromatic heterocycles. The van der Waals surface area contributed by atoms with E-state index in [2.05, 4.69) is 0 Å². The van der Waals surface area contributed by atoms with Crippen molar-refractivity contribution in [3.05, 3.63) is 28.3 Å². The van der Waals surface area contributed by atoms with Gasteiger partial charge in [0.25, 0.3) is 5.91 Å². The second kappa shape index (κ2) is 7.01. The molecule has 1 aromatic carbocycles. The van der Waals surface area contributed by atoms with Crippen molar-refractivity contribution in [1.29, 1.82) is 0 Å². The Morgan fingerprint density at radius 2 is 1.79 bits per heavy atom. The number of methoxy groups -OCH3 is 1. The number of carbonyl (C=O) groups excluding carboxylic acids is 2. The first-order chi connectivity index (χ1) is 11.5. The smallest absolute Gasteiger partial charge is 0.257 e. The summed E-state index contributed by atoms with van der Waals surface area (Å²) in [7, 11) is 1.56. The molecule has 0 unspecified atom stereocenters. The molecule has 1 aromatic rings. The van der Waals surface area contributed by atoms with Gasteiger partial charge in [-0.3, -0.25) is 9.59 Å². The summed E-state index contributed by atoms with van der Waals surface area (Å²) < 4.78 is 5.40. The zero-order chi connectivity index (χ0) is 17.3. The molecule has 1 aliphatic carbocycles. The zero-order valence-corrected chi connectivity index (χ0v) is 14.9. The molecule has 130 valence electrons. The largest absolute Gasteiger partial charge is 0.496 e. The Kier molecular flexibility index (Phi) is 4.99.